The molecule has 0 amide bonds. The lowest BCUT2D eigenvalue weighted by Crippen LogP contribution is -2.21. The topological polar surface area (TPSA) is 0 Å². The van der Waals surface area contributed by atoms with E-state index >= 15 is 0 Å². The van der Waals surface area contributed by atoms with E-state index in [9.17, 15) is 0 Å². The van der Waals surface area contributed by atoms with Crippen LogP contribution in [0.5, 0.6) is 0 Å². The van der Waals surface area contributed by atoms with Gasteiger partial charge in [-0.3, -0.25) is 0 Å². The molecule has 21 heavy (non-hydrogen) atoms. The Balaban J connectivity index is 1.90. The van der Waals surface area contributed by atoms with E-state index in [0.29, 0.717) is 0 Å². The summed E-state index contributed by atoms with van der Waals surface area (Å²) in [5, 5.41) is 0. The number of benzene rings is 1. The Kier molecular flexibility index (Phi) is 6.80. The third-order valence-corrected chi connectivity index (χ3v) is 5.45. The molecule has 1 saturated carbocycles. The van der Waals surface area contributed by atoms with Crippen molar-refractivity contribution in [2.45, 2.75) is 84.5 Å². The van der Waals surface area contributed by atoms with Gasteiger partial charge >= 0.3 is 0 Å². The van der Waals surface area contributed by atoms with Gasteiger partial charge in [0, 0.05) is 0 Å². The quantitative estimate of drug-likeness (QED) is 0.487. The number of hydrogen-bond donors (Lipinski definition) is 0. The van der Waals surface area contributed by atoms with Crippen LogP contribution >= 0.6 is 0 Å². The summed E-state index contributed by atoms with van der Waals surface area (Å²) < 4.78 is 0. The van der Waals surface area contributed by atoms with Gasteiger partial charge in [0.15, 0.2) is 0 Å². The van der Waals surface area contributed by atoms with E-state index in [1.54, 1.807) is 5.56 Å². The van der Waals surface area contributed by atoms with Crippen molar-refractivity contribution in [1.29, 1.82) is 0 Å². The molecule has 1 fully saturated rings. The highest BCUT2D eigenvalue weighted by molar-refractivity contribution is 5.26. The number of aryl methyl sites for hydroxylation is 1. The Bertz CT molecular complexity index is 389. The lowest BCUT2D eigenvalue weighted by Gasteiger charge is -2.34. The lowest BCUT2D eigenvalue weighted by atomic mass is 9.71. The number of rotatable bonds is 7. The maximum atomic E-state index is 2.47. The van der Waals surface area contributed by atoms with E-state index in [1.165, 1.54) is 63.4 Å². The van der Waals surface area contributed by atoms with E-state index in [-0.39, 0.29) is 0 Å². The average Bonchev–Trinajstić information content (AvgIpc) is 2.49. The first kappa shape index (κ1) is 16.6. The molecule has 0 heterocycles. The molecule has 0 saturated heterocycles. The molecular weight excluding hydrogens is 252 g/mol. The van der Waals surface area contributed by atoms with Crippen LogP contribution in [0.25, 0.3) is 0 Å². The molecule has 0 N–H and O–H groups in total. The Labute approximate surface area is 132 Å². The van der Waals surface area contributed by atoms with Crippen LogP contribution in [0.3, 0.4) is 0 Å². The Morgan fingerprint density at radius 3 is 2.33 bits per heavy atom. The molecule has 0 bridgehead atoms. The number of hydrogen-bond acceptors (Lipinski definition) is 0. The van der Waals surface area contributed by atoms with Crippen molar-refractivity contribution in [2.24, 2.45) is 11.8 Å². The fourth-order valence-corrected chi connectivity index (χ4v) is 4.18. The van der Waals surface area contributed by atoms with Gasteiger partial charge in [0.1, 0.15) is 0 Å². The van der Waals surface area contributed by atoms with Crippen LogP contribution in [-0.2, 0) is 6.42 Å². The first-order valence-corrected chi connectivity index (χ1v) is 9.33. The van der Waals surface area contributed by atoms with Crippen LogP contribution in [0, 0.1) is 11.8 Å². The van der Waals surface area contributed by atoms with Gasteiger partial charge < -0.3 is 0 Å². The molecule has 1 aliphatic carbocycles. The van der Waals surface area contributed by atoms with Gasteiger partial charge in [-0.1, -0.05) is 70.7 Å². The summed E-state index contributed by atoms with van der Waals surface area (Å²) in [6.45, 7) is 7.08. The molecule has 0 heteroatoms. The van der Waals surface area contributed by atoms with Crippen LogP contribution in [-0.4, -0.2) is 0 Å². The van der Waals surface area contributed by atoms with Gasteiger partial charge in [-0.25, -0.2) is 0 Å². The maximum Gasteiger partial charge on any atom is -0.0136 e. The fourth-order valence-electron chi connectivity index (χ4n) is 4.18. The van der Waals surface area contributed by atoms with E-state index in [2.05, 4.69) is 45.0 Å². The second kappa shape index (κ2) is 8.61. The van der Waals surface area contributed by atoms with Crippen molar-refractivity contribution in [3.8, 4) is 0 Å². The minimum absolute atomic E-state index is 0.808. The highest BCUT2D eigenvalue weighted by atomic mass is 14.3. The van der Waals surface area contributed by atoms with Crippen molar-refractivity contribution in [3.05, 3.63) is 35.4 Å². The SMILES string of the molecule is CCCCCc1ccc([C@@H]2CC[C@@H](CCC)C[C@H]2C)cc1. The number of unbranched alkanes of at least 4 members (excludes halogenated alkanes) is 2. The molecular formula is C21H34. The van der Waals surface area contributed by atoms with Crippen LogP contribution < -0.4 is 0 Å². The monoisotopic (exact) mass is 286 g/mol. The van der Waals surface area contributed by atoms with Crippen molar-refractivity contribution in [2.75, 3.05) is 0 Å². The summed E-state index contributed by atoms with van der Waals surface area (Å²) in [5.41, 5.74) is 3.12. The zero-order valence-corrected chi connectivity index (χ0v) is 14.4. The highest BCUT2D eigenvalue weighted by Crippen LogP contribution is 2.41. The van der Waals surface area contributed by atoms with E-state index in [1.807, 2.05) is 0 Å². The summed E-state index contributed by atoms with van der Waals surface area (Å²) in [6, 6.07) is 9.61. The second-order valence-electron chi connectivity index (χ2n) is 7.25. The fraction of sp³-hybridized carbons (Fsp3) is 0.714. The summed E-state index contributed by atoms with van der Waals surface area (Å²) >= 11 is 0. The van der Waals surface area contributed by atoms with Crippen LogP contribution in [0.1, 0.15) is 89.2 Å². The van der Waals surface area contributed by atoms with Crippen molar-refractivity contribution in [1.82, 2.24) is 0 Å². The molecule has 0 unspecified atom stereocenters. The van der Waals surface area contributed by atoms with Gasteiger partial charge in [-0.15, -0.1) is 0 Å². The summed E-state index contributed by atoms with van der Waals surface area (Å²) in [7, 11) is 0. The predicted molar refractivity (Wildman–Crippen MR) is 93.8 cm³/mol. The van der Waals surface area contributed by atoms with Crippen molar-refractivity contribution < 1.29 is 0 Å². The van der Waals surface area contributed by atoms with E-state index in [4.69, 9.17) is 0 Å². The maximum absolute atomic E-state index is 2.47. The van der Waals surface area contributed by atoms with Crippen molar-refractivity contribution >= 4 is 0 Å². The third kappa shape index (κ3) is 4.87. The molecule has 2 rings (SSSR count). The van der Waals surface area contributed by atoms with Gasteiger partial charge in [0.25, 0.3) is 0 Å². The standard InChI is InChI=1S/C21H34/c1-4-6-7-9-18-10-13-20(14-11-18)21-15-12-19(8-5-2)16-17(21)3/h10-11,13-14,17,19,21H,4-9,12,15-16H2,1-3H3/t17-,19-,21-/m1/s1. The lowest BCUT2D eigenvalue weighted by molar-refractivity contribution is 0.235. The Hall–Kier alpha value is -0.780. The van der Waals surface area contributed by atoms with Crippen molar-refractivity contribution in [3.63, 3.8) is 0 Å². The Morgan fingerprint density at radius 1 is 0.952 bits per heavy atom. The summed E-state index contributed by atoms with van der Waals surface area (Å²) in [5.74, 6) is 2.67. The first-order chi connectivity index (χ1) is 10.2. The highest BCUT2D eigenvalue weighted by Gasteiger charge is 2.27. The van der Waals surface area contributed by atoms with E-state index < -0.39 is 0 Å². The molecule has 118 valence electrons. The molecule has 0 spiro atoms. The summed E-state index contributed by atoms with van der Waals surface area (Å²) in [6.07, 6.45) is 12.4. The zero-order valence-electron chi connectivity index (χ0n) is 14.4. The van der Waals surface area contributed by atoms with Gasteiger partial charge in [-0.05, 0) is 61.0 Å². The molecule has 1 aromatic carbocycles. The first-order valence-electron chi connectivity index (χ1n) is 9.33. The summed E-state index contributed by atoms with van der Waals surface area (Å²) in [4.78, 5) is 0. The van der Waals surface area contributed by atoms with E-state index in [0.717, 1.165) is 17.8 Å². The average molecular weight is 287 g/mol. The Morgan fingerprint density at radius 2 is 1.71 bits per heavy atom. The third-order valence-electron chi connectivity index (χ3n) is 5.45. The second-order valence-corrected chi connectivity index (χ2v) is 7.25. The zero-order chi connectivity index (χ0) is 15.1. The molecule has 3 atom stereocenters. The predicted octanol–water partition coefficient (Wildman–Crippen LogP) is 6.74. The van der Waals surface area contributed by atoms with Crippen LogP contribution in [0.15, 0.2) is 24.3 Å². The molecule has 1 aromatic rings. The van der Waals surface area contributed by atoms with Gasteiger partial charge in [0.05, 0.1) is 0 Å². The molecule has 0 aliphatic heterocycles. The minimum atomic E-state index is 0.808. The molecule has 1 aliphatic rings. The van der Waals surface area contributed by atoms with Crippen LogP contribution in [0.2, 0.25) is 0 Å². The largest absolute Gasteiger partial charge is 0.0654 e. The normalized spacial score (nSPS) is 26.0. The van der Waals surface area contributed by atoms with Gasteiger partial charge in [-0.2, -0.15) is 0 Å². The van der Waals surface area contributed by atoms with Crippen LogP contribution in [0.4, 0.5) is 0 Å². The minimum Gasteiger partial charge on any atom is -0.0654 e. The molecule has 0 radical (unpaired) electrons. The van der Waals surface area contributed by atoms with Gasteiger partial charge in [0.2, 0.25) is 0 Å². The molecule has 0 nitrogen and oxygen atoms in total. The molecule has 0 aromatic heterocycles. The smallest absolute Gasteiger partial charge is 0.0136 e.